The first kappa shape index (κ1) is 15.2. The molecule has 0 saturated carbocycles. The van der Waals surface area contributed by atoms with Crippen LogP contribution < -0.4 is 11.1 Å². The minimum Gasteiger partial charge on any atom is -0.478 e. The van der Waals surface area contributed by atoms with Crippen molar-refractivity contribution in [3.63, 3.8) is 0 Å². The van der Waals surface area contributed by atoms with Crippen molar-refractivity contribution in [2.24, 2.45) is 5.73 Å². The van der Waals surface area contributed by atoms with E-state index < -0.39 is 17.9 Å². The Hall–Kier alpha value is -2.18. The van der Waals surface area contributed by atoms with Gasteiger partial charge in [-0.05, 0) is 23.8 Å². The van der Waals surface area contributed by atoms with E-state index in [-0.39, 0.29) is 11.3 Å². The monoisotopic (exact) mass is 348 g/mol. The Morgan fingerprint density at radius 3 is 2.43 bits per heavy atom. The molecule has 0 radical (unpaired) electrons. The fraction of sp³-hybridized carbons (Fsp3) is 0.0667. The van der Waals surface area contributed by atoms with Gasteiger partial charge in [0.25, 0.3) is 0 Å². The highest BCUT2D eigenvalue weighted by molar-refractivity contribution is 9.10. The van der Waals surface area contributed by atoms with Crippen molar-refractivity contribution < 1.29 is 14.7 Å². The van der Waals surface area contributed by atoms with Gasteiger partial charge in [0.05, 0.1) is 11.3 Å². The average molecular weight is 349 g/mol. The molecule has 108 valence electrons. The third kappa shape index (κ3) is 3.68. The summed E-state index contributed by atoms with van der Waals surface area (Å²) < 4.78 is 0.663. The smallest absolute Gasteiger partial charge is 0.337 e. The highest BCUT2D eigenvalue weighted by atomic mass is 79.9. The van der Waals surface area contributed by atoms with Gasteiger partial charge in [0.15, 0.2) is 0 Å². The topological polar surface area (TPSA) is 92.4 Å². The Kier molecular flexibility index (Phi) is 4.72. The van der Waals surface area contributed by atoms with E-state index in [2.05, 4.69) is 21.2 Å². The van der Waals surface area contributed by atoms with Gasteiger partial charge in [0.2, 0.25) is 5.91 Å². The van der Waals surface area contributed by atoms with Gasteiger partial charge in [-0.1, -0.05) is 46.3 Å². The molecular weight excluding hydrogens is 336 g/mol. The Morgan fingerprint density at radius 2 is 1.81 bits per heavy atom. The van der Waals surface area contributed by atoms with Crippen molar-refractivity contribution in [2.45, 2.75) is 6.04 Å². The fourth-order valence-electron chi connectivity index (χ4n) is 1.83. The van der Waals surface area contributed by atoms with Gasteiger partial charge in [-0.3, -0.25) is 4.79 Å². The maximum absolute atomic E-state index is 12.2. The summed E-state index contributed by atoms with van der Waals surface area (Å²) in [5.41, 5.74) is 6.74. The van der Waals surface area contributed by atoms with E-state index in [1.54, 1.807) is 30.3 Å². The average Bonchev–Trinajstić information content (AvgIpc) is 2.47. The molecule has 6 heteroatoms. The summed E-state index contributed by atoms with van der Waals surface area (Å²) in [6.07, 6.45) is 0. The van der Waals surface area contributed by atoms with Crippen molar-refractivity contribution in [2.75, 3.05) is 5.32 Å². The molecular formula is C15H13BrN2O3. The summed E-state index contributed by atoms with van der Waals surface area (Å²) in [6, 6.07) is 12.5. The van der Waals surface area contributed by atoms with Gasteiger partial charge >= 0.3 is 5.97 Å². The quantitative estimate of drug-likeness (QED) is 0.791. The van der Waals surface area contributed by atoms with E-state index in [4.69, 9.17) is 10.8 Å². The molecule has 4 N–H and O–H groups in total. The second-order valence-electron chi connectivity index (χ2n) is 4.37. The Morgan fingerprint density at radius 1 is 1.14 bits per heavy atom. The second kappa shape index (κ2) is 6.51. The molecule has 0 fully saturated rings. The lowest BCUT2D eigenvalue weighted by Crippen LogP contribution is -2.28. The van der Waals surface area contributed by atoms with E-state index in [1.807, 2.05) is 6.07 Å². The number of carbonyl (C=O) groups is 2. The van der Waals surface area contributed by atoms with Gasteiger partial charge < -0.3 is 16.2 Å². The van der Waals surface area contributed by atoms with Gasteiger partial charge in [0, 0.05) is 4.47 Å². The SMILES string of the molecule is N[C@@H](C(=O)Nc1cc(Br)ccc1C(=O)O)c1ccccc1. The molecule has 0 heterocycles. The van der Waals surface area contributed by atoms with Crippen LogP contribution in [0.2, 0.25) is 0 Å². The Balaban J connectivity index is 2.24. The van der Waals surface area contributed by atoms with Crippen molar-refractivity contribution in [3.05, 3.63) is 64.1 Å². The maximum atomic E-state index is 12.2. The number of nitrogens with two attached hydrogens (primary N) is 1. The molecule has 1 amide bonds. The molecule has 0 saturated heterocycles. The Bertz CT molecular complexity index is 674. The lowest BCUT2D eigenvalue weighted by Gasteiger charge is -2.14. The molecule has 0 bridgehead atoms. The summed E-state index contributed by atoms with van der Waals surface area (Å²) in [5.74, 6) is -1.59. The third-order valence-electron chi connectivity index (χ3n) is 2.91. The van der Waals surface area contributed by atoms with E-state index in [1.165, 1.54) is 12.1 Å². The Labute approximate surface area is 129 Å². The normalized spacial score (nSPS) is 11.7. The fourth-order valence-corrected chi connectivity index (χ4v) is 2.19. The highest BCUT2D eigenvalue weighted by Crippen LogP contribution is 2.23. The minimum atomic E-state index is -1.12. The molecule has 5 nitrogen and oxygen atoms in total. The largest absolute Gasteiger partial charge is 0.478 e. The first-order valence-electron chi connectivity index (χ1n) is 6.13. The highest BCUT2D eigenvalue weighted by Gasteiger charge is 2.18. The van der Waals surface area contributed by atoms with Gasteiger partial charge in [-0.15, -0.1) is 0 Å². The van der Waals surface area contributed by atoms with Crippen LogP contribution in [0.25, 0.3) is 0 Å². The zero-order valence-corrected chi connectivity index (χ0v) is 12.5. The van der Waals surface area contributed by atoms with Crippen LogP contribution in [-0.2, 0) is 4.79 Å². The second-order valence-corrected chi connectivity index (χ2v) is 5.29. The van der Waals surface area contributed by atoms with Gasteiger partial charge in [-0.25, -0.2) is 4.79 Å². The van der Waals surface area contributed by atoms with Gasteiger partial charge in [-0.2, -0.15) is 0 Å². The first-order chi connectivity index (χ1) is 9.99. The lowest BCUT2D eigenvalue weighted by atomic mass is 10.1. The van der Waals surface area contributed by atoms with Crippen LogP contribution in [0.5, 0.6) is 0 Å². The van der Waals surface area contributed by atoms with Crippen LogP contribution in [0.3, 0.4) is 0 Å². The van der Waals surface area contributed by atoms with Crippen LogP contribution in [-0.4, -0.2) is 17.0 Å². The number of anilines is 1. The molecule has 21 heavy (non-hydrogen) atoms. The minimum absolute atomic E-state index is 0.00631. The first-order valence-corrected chi connectivity index (χ1v) is 6.92. The molecule has 1 atom stereocenters. The van der Waals surface area contributed by atoms with Crippen molar-refractivity contribution in [1.29, 1.82) is 0 Å². The zero-order valence-electron chi connectivity index (χ0n) is 10.9. The summed E-state index contributed by atoms with van der Waals surface area (Å²) in [6.45, 7) is 0. The number of halogens is 1. The lowest BCUT2D eigenvalue weighted by molar-refractivity contribution is -0.117. The van der Waals surface area contributed by atoms with Crippen LogP contribution in [0.15, 0.2) is 53.0 Å². The predicted molar refractivity (Wildman–Crippen MR) is 83.1 cm³/mol. The van der Waals surface area contributed by atoms with E-state index >= 15 is 0 Å². The van der Waals surface area contributed by atoms with Crippen LogP contribution >= 0.6 is 15.9 Å². The van der Waals surface area contributed by atoms with Crippen LogP contribution in [0.4, 0.5) is 5.69 Å². The number of carboxylic acids is 1. The van der Waals surface area contributed by atoms with E-state index in [0.717, 1.165) is 0 Å². The number of aromatic carboxylic acids is 1. The van der Waals surface area contributed by atoms with Gasteiger partial charge in [0.1, 0.15) is 6.04 Å². The summed E-state index contributed by atoms with van der Waals surface area (Å²) in [7, 11) is 0. The number of carboxylic acid groups (broad SMARTS) is 1. The standard InChI is InChI=1S/C15H13BrN2O3/c16-10-6-7-11(15(20)21)12(8-10)18-14(19)13(17)9-4-2-1-3-5-9/h1-8,13H,17H2,(H,18,19)(H,20,21)/t13-/m1/s1. The van der Waals surface area contributed by atoms with Crippen molar-refractivity contribution in [1.82, 2.24) is 0 Å². The number of hydrogen-bond donors (Lipinski definition) is 3. The maximum Gasteiger partial charge on any atom is 0.337 e. The molecule has 2 aromatic rings. The van der Waals surface area contributed by atoms with Crippen molar-refractivity contribution in [3.8, 4) is 0 Å². The van der Waals surface area contributed by atoms with E-state index in [0.29, 0.717) is 10.0 Å². The number of amides is 1. The molecule has 0 spiro atoms. The summed E-state index contributed by atoms with van der Waals surface area (Å²) in [4.78, 5) is 23.3. The molecule has 0 unspecified atom stereocenters. The van der Waals surface area contributed by atoms with E-state index in [9.17, 15) is 9.59 Å². The molecule has 0 aliphatic rings. The third-order valence-corrected chi connectivity index (χ3v) is 3.40. The number of nitrogens with one attached hydrogen (secondary N) is 1. The molecule has 0 aliphatic heterocycles. The number of benzene rings is 2. The zero-order chi connectivity index (χ0) is 15.4. The molecule has 2 rings (SSSR count). The molecule has 0 aromatic heterocycles. The summed E-state index contributed by atoms with van der Waals surface area (Å²) >= 11 is 3.24. The van der Waals surface area contributed by atoms with Crippen molar-refractivity contribution >= 4 is 33.5 Å². The number of hydrogen-bond acceptors (Lipinski definition) is 3. The molecule has 2 aromatic carbocycles. The predicted octanol–water partition coefficient (Wildman–Crippen LogP) is 2.79. The number of carbonyl (C=O) groups excluding carboxylic acids is 1. The molecule has 0 aliphatic carbocycles. The van der Waals surface area contributed by atoms with Crippen LogP contribution in [0, 0.1) is 0 Å². The number of rotatable bonds is 4. The summed E-state index contributed by atoms with van der Waals surface area (Å²) in [5, 5.41) is 11.7. The van der Waals surface area contributed by atoms with Crippen LogP contribution in [0.1, 0.15) is 22.0 Å².